The molecule has 1 aliphatic carbocycles. The van der Waals surface area contributed by atoms with E-state index in [1.165, 1.54) is 16.7 Å². The first-order chi connectivity index (χ1) is 10.2. The van der Waals surface area contributed by atoms with Crippen LogP contribution in [0.25, 0.3) is 5.57 Å². The lowest BCUT2D eigenvalue weighted by Crippen LogP contribution is -2.22. The van der Waals surface area contributed by atoms with Gasteiger partial charge in [0.15, 0.2) is 0 Å². The summed E-state index contributed by atoms with van der Waals surface area (Å²) >= 11 is 0. The Morgan fingerprint density at radius 1 is 1.05 bits per heavy atom. The maximum absolute atomic E-state index is 10.8. The second kappa shape index (κ2) is 5.71. The molecule has 2 aromatic carbocycles. The fourth-order valence-electron chi connectivity index (χ4n) is 3.20. The third-order valence-electron chi connectivity index (χ3n) is 4.16. The number of benzene rings is 2. The van der Waals surface area contributed by atoms with E-state index in [-0.39, 0.29) is 5.92 Å². The second-order valence-electron chi connectivity index (χ2n) is 5.73. The minimum absolute atomic E-state index is 0.235. The van der Waals surface area contributed by atoms with Crippen LogP contribution in [0.3, 0.4) is 0 Å². The lowest BCUT2D eigenvalue weighted by molar-refractivity contribution is 0.0907. The largest absolute Gasteiger partial charge is 0.385 e. The van der Waals surface area contributed by atoms with Crippen molar-refractivity contribution in [3.05, 3.63) is 90.5 Å². The molecule has 0 heterocycles. The van der Waals surface area contributed by atoms with Gasteiger partial charge in [0, 0.05) is 5.92 Å². The molecule has 1 heteroatoms. The molecule has 1 nitrogen and oxygen atoms in total. The van der Waals surface area contributed by atoms with Crippen molar-refractivity contribution in [2.75, 3.05) is 0 Å². The number of rotatable bonds is 4. The molecule has 21 heavy (non-hydrogen) atoms. The van der Waals surface area contributed by atoms with Gasteiger partial charge in [0.2, 0.25) is 0 Å². The second-order valence-corrected chi connectivity index (χ2v) is 5.73. The monoisotopic (exact) mass is 276 g/mol. The zero-order valence-corrected chi connectivity index (χ0v) is 12.1. The summed E-state index contributed by atoms with van der Waals surface area (Å²) < 4.78 is 0. The molecule has 0 bridgehead atoms. The van der Waals surface area contributed by atoms with Gasteiger partial charge in [0.25, 0.3) is 0 Å². The Kier molecular flexibility index (Phi) is 3.76. The maximum Gasteiger partial charge on any atom is 0.0877 e. The average Bonchev–Trinajstić information content (AvgIpc) is 2.87. The fraction of sp³-hybridized carbons (Fsp3) is 0.200. The van der Waals surface area contributed by atoms with Crippen LogP contribution in [0.4, 0.5) is 0 Å². The predicted octanol–water partition coefficient (Wildman–Crippen LogP) is 4.56. The molecule has 106 valence electrons. The van der Waals surface area contributed by atoms with E-state index in [1.807, 2.05) is 30.3 Å². The SMILES string of the molecule is C=CCC1(O)C=C(c2ccccc2)C(c2ccccc2)C1. The van der Waals surface area contributed by atoms with Crippen LogP contribution in [0.1, 0.15) is 29.9 Å². The Morgan fingerprint density at radius 2 is 1.67 bits per heavy atom. The van der Waals surface area contributed by atoms with Crippen molar-refractivity contribution >= 4 is 5.57 Å². The van der Waals surface area contributed by atoms with Crippen molar-refractivity contribution in [3.63, 3.8) is 0 Å². The van der Waals surface area contributed by atoms with Gasteiger partial charge < -0.3 is 5.11 Å². The highest BCUT2D eigenvalue weighted by atomic mass is 16.3. The standard InChI is InChI=1S/C20H20O/c1-2-13-20(21)14-18(16-9-5-3-6-10-16)19(15-20)17-11-7-4-8-12-17/h2-12,14,19,21H,1,13,15H2. The predicted molar refractivity (Wildman–Crippen MR) is 88.0 cm³/mol. The molecular weight excluding hydrogens is 256 g/mol. The molecule has 0 aliphatic heterocycles. The highest BCUT2D eigenvalue weighted by molar-refractivity contribution is 5.75. The topological polar surface area (TPSA) is 20.2 Å². The number of aliphatic hydroxyl groups is 1. The molecule has 0 amide bonds. The van der Waals surface area contributed by atoms with Crippen molar-refractivity contribution in [1.29, 1.82) is 0 Å². The summed E-state index contributed by atoms with van der Waals surface area (Å²) in [4.78, 5) is 0. The van der Waals surface area contributed by atoms with Gasteiger partial charge in [-0.05, 0) is 35.6 Å². The Balaban J connectivity index is 2.04. The van der Waals surface area contributed by atoms with Gasteiger partial charge in [0.05, 0.1) is 5.60 Å². The molecule has 2 unspecified atom stereocenters. The van der Waals surface area contributed by atoms with Gasteiger partial charge in [0.1, 0.15) is 0 Å². The molecule has 0 fully saturated rings. The summed E-state index contributed by atoms with van der Waals surface area (Å²) in [5.41, 5.74) is 2.87. The molecule has 0 radical (unpaired) electrons. The van der Waals surface area contributed by atoms with E-state index in [1.54, 1.807) is 6.08 Å². The van der Waals surface area contributed by atoms with Gasteiger partial charge in [-0.3, -0.25) is 0 Å². The molecule has 2 atom stereocenters. The third-order valence-corrected chi connectivity index (χ3v) is 4.16. The Morgan fingerprint density at radius 3 is 2.29 bits per heavy atom. The third kappa shape index (κ3) is 2.84. The molecule has 0 aromatic heterocycles. The van der Waals surface area contributed by atoms with E-state index >= 15 is 0 Å². The normalized spacial score (nSPS) is 24.6. The van der Waals surface area contributed by atoms with Crippen molar-refractivity contribution < 1.29 is 5.11 Å². The van der Waals surface area contributed by atoms with Gasteiger partial charge in [-0.25, -0.2) is 0 Å². The van der Waals surface area contributed by atoms with Crippen molar-refractivity contribution in [2.24, 2.45) is 0 Å². The Hall–Kier alpha value is -2.12. The van der Waals surface area contributed by atoms with Crippen LogP contribution in [-0.4, -0.2) is 10.7 Å². The van der Waals surface area contributed by atoms with Crippen LogP contribution >= 0.6 is 0 Å². The molecule has 1 aliphatic rings. The van der Waals surface area contributed by atoms with Gasteiger partial charge in [-0.1, -0.05) is 66.7 Å². The van der Waals surface area contributed by atoms with Crippen LogP contribution in [0.2, 0.25) is 0 Å². The van der Waals surface area contributed by atoms with E-state index in [2.05, 4.69) is 43.0 Å². The van der Waals surface area contributed by atoms with E-state index in [9.17, 15) is 5.11 Å². The van der Waals surface area contributed by atoms with Crippen molar-refractivity contribution in [3.8, 4) is 0 Å². The number of hydrogen-bond acceptors (Lipinski definition) is 1. The smallest absolute Gasteiger partial charge is 0.0877 e. The fourth-order valence-corrected chi connectivity index (χ4v) is 3.20. The zero-order chi connectivity index (χ0) is 14.7. The molecular formula is C20H20O. The average molecular weight is 276 g/mol. The van der Waals surface area contributed by atoms with Crippen molar-refractivity contribution in [1.82, 2.24) is 0 Å². The van der Waals surface area contributed by atoms with E-state index in [0.717, 1.165) is 0 Å². The highest BCUT2D eigenvalue weighted by Crippen LogP contribution is 2.46. The maximum atomic E-state index is 10.8. The lowest BCUT2D eigenvalue weighted by Gasteiger charge is -2.21. The lowest BCUT2D eigenvalue weighted by atomic mass is 9.87. The van der Waals surface area contributed by atoms with Crippen LogP contribution in [0.5, 0.6) is 0 Å². The summed E-state index contributed by atoms with van der Waals surface area (Å²) in [6, 6.07) is 20.8. The number of hydrogen-bond donors (Lipinski definition) is 1. The summed E-state index contributed by atoms with van der Waals surface area (Å²) in [5.74, 6) is 0.235. The van der Waals surface area contributed by atoms with E-state index < -0.39 is 5.60 Å². The van der Waals surface area contributed by atoms with Crippen LogP contribution < -0.4 is 0 Å². The quantitative estimate of drug-likeness (QED) is 0.811. The summed E-state index contributed by atoms with van der Waals surface area (Å²) in [7, 11) is 0. The highest BCUT2D eigenvalue weighted by Gasteiger charge is 2.37. The van der Waals surface area contributed by atoms with Crippen LogP contribution in [0.15, 0.2) is 79.4 Å². The molecule has 1 N–H and O–H groups in total. The van der Waals surface area contributed by atoms with Gasteiger partial charge in [-0.15, -0.1) is 6.58 Å². The summed E-state index contributed by atoms with van der Waals surface area (Å²) in [6.07, 6.45) is 5.13. The van der Waals surface area contributed by atoms with E-state index in [4.69, 9.17) is 0 Å². The molecule has 0 saturated carbocycles. The first-order valence-corrected chi connectivity index (χ1v) is 7.38. The summed E-state index contributed by atoms with van der Waals surface area (Å²) in [6.45, 7) is 3.78. The van der Waals surface area contributed by atoms with Crippen LogP contribution in [0, 0.1) is 0 Å². The molecule has 2 aromatic rings. The number of allylic oxidation sites excluding steroid dienone is 1. The first kappa shape index (κ1) is 13.8. The molecule has 3 rings (SSSR count). The Bertz CT molecular complexity index is 642. The molecule has 0 saturated heterocycles. The van der Waals surface area contributed by atoms with Crippen molar-refractivity contribution in [2.45, 2.75) is 24.4 Å². The summed E-state index contributed by atoms with van der Waals surface area (Å²) in [5, 5.41) is 10.8. The Labute approximate surface area is 126 Å². The first-order valence-electron chi connectivity index (χ1n) is 7.38. The van der Waals surface area contributed by atoms with Crippen LogP contribution in [-0.2, 0) is 0 Å². The minimum Gasteiger partial charge on any atom is -0.385 e. The van der Waals surface area contributed by atoms with Gasteiger partial charge >= 0.3 is 0 Å². The minimum atomic E-state index is -0.784. The van der Waals surface area contributed by atoms with Gasteiger partial charge in [-0.2, -0.15) is 0 Å². The zero-order valence-electron chi connectivity index (χ0n) is 12.1. The molecule has 0 spiro atoms. The van der Waals surface area contributed by atoms with E-state index in [0.29, 0.717) is 12.8 Å².